The van der Waals surface area contributed by atoms with E-state index in [1.165, 1.54) is 28.7 Å². The zero-order chi connectivity index (χ0) is 25.3. The average molecular weight is 529 g/mol. The third-order valence-electron chi connectivity index (χ3n) is 7.54. The Labute approximate surface area is 223 Å². The number of pyridine rings is 1. The van der Waals surface area contributed by atoms with E-state index < -0.39 is 5.97 Å². The van der Waals surface area contributed by atoms with Crippen LogP contribution in [0.2, 0.25) is 4.34 Å². The molecule has 1 N–H and O–H groups in total. The van der Waals surface area contributed by atoms with E-state index in [1.807, 2.05) is 24.4 Å². The zero-order valence-corrected chi connectivity index (χ0v) is 22.7. The molecule has 3 aromatic rings. The van der Waals surface area contributed by atoms with Crippen LogP contribution >= 0.6 is 22.9 Å². The fourth-order valence-electron chi connectivity index (χ4n) is 5.58. The monoisotopic (exact) mass is 528 g/mol. The summed E-state index contributed by atoms with van der Waals surface area (Å²) in [5.74, 6) is 1.23. The highest BCUT2D eigenvalue weighted by Gasteiger charge is 2.29. The SMILES string of the molecule is COc1ccc2nccc(CCC[C@@H]3CCN(CCCCc4ccc(Cl)s4)C[C@@H]3CCC(=O)O)c2c1. The largest absolute Gasteiger partial charge is 0.497 e. The molecule has 2 atom stereocenters. The van der Waals surface area contributed by atoms with E-state index >= 15 is 0 Å². The molecule has 1 aliphatic heterocycles. The molecule has 36 heavy (non-hydrogen) atoms. The first-order chi connectivity index (χ1) is 17.5. The van der Waals surface area contributed by atoms with Crippen LogP contribution < -0.4 is 4.74 Å². The highest BCUT2D eigenvalue weighted by atomic mass is 35.5. The van der Waals surface area contributed by atoms with E-state index in [0.717, 1.165) is 73.8 Å². The molecule has 0 unspecified atom stereocenters. The highest BCUT2D eigenvalue weighted by Crippen LogP contribution is 2.32. The predicted octanol–water partition coefficient (Wildman–Crippen LogP) is 7.11. The third-order valence-corrected chi connectivity index (χ3v) is 8.83. The molecule has 0 aliphatic carbocycles. The standard InChI is InChI=1S/C29H37ClN2O3S/c1-35-24-9-11-27-26(19-24)22(14-16-31-27)6-4-5-21-15-18-32(20-23(21)8-13-29(33)34)17-3-2-7-25-10-12-28(30)36-25/h9-12,14,16,19,21,23H,2-8,13,15,17-18,20H2,1H3,(H,33,34)/t21-,23+/m1/s1. The molecular formula is C29H37ClN2O3S. The average Bonchev–Trinajstić information content (AvgIpc) is 3.30. The number of hydrogen-bond acceptors (Lipinski definition) is 5. The minimum Gasteiger partial charge on any atom is -0.497 e. The molecule has 4 rings (SSSR count). The summed E-state index contributed by atoms with van der Waals surface area (Å²) in [6, 6.07) is 12.3. The van der Waals surface area contributed by atoms with Crippen molar-refractivity contribution in [2.24, 2.45) is 11.8 Å². The molecule has 0 saturated carbocycles. The number of aryl methyl sites for hydroxylation is 2. The molecule has 1 aromatic carbocycles. The summed E-state index contributed by atoms with van der Waals surface area (Å²) in [6.07, 6.45) is 10.8. The van der Waals surface area contributed by atoms with E-state index in [-0.39, 0.29) is 6.42 Å². The quantitative estimate of drug-likeness (QED) is 0.239. The molecule has 1 fully saturated rings. The number of methoxy groups -OCH3 is 1. The van der Waals surface area contributed by atoms with E-state index in [0.29, 0.717) is 11.8 Å². The van der Waals surface area contributed by atoms with Gasteiger partial charge in [-0.2, -0.15) is 0 Å². The van der Waals surface area contributed by atoms with Crippen molar-refractivity contribution in [2.75, 3.05) is 26.7 Å². The molecule has 1 saturated heterocycles. The Kier molecular flexibility index (Phi) is 10.0. The van der Waals surface area contributed by atoms with Gasteiger partial charge in [0.2, 0.25) is 0 Å². The van der Waals surface area contributed by atoms with Gasteiger partial charge in [0, 0.05) is 29.4 Å². The van der Waals surface area contributed by atoms with Crippen LogP contribution in [-0.4, -0.2) is 47.7 Å². The van der Waals surface area contributed by atoms with Crippen LogP contribution in [0.5, 0.6) is 5.75 Å². The van der Waals surface area contributed by atoms with Gasteiger partial charge in [0.15, 0.2) is 0 Å². The van der Waals surface area contributed by atoms with Crippen molar-refractivity contribution in [2.45, 2.75) is 57.8 Å². The Bertz CT molecular complexity index is 1130. The Balaban J connectivity index is 1.28. The zero-order valence-electron chi connectivity index (χ0n) is 21.1. The molecule has 0 spiro atoms. The van der Waals surface area contributed by atoms with Crippen molar-refractivity contribution >= 4 is 39.8 Å². The third kappa shape index (κ3) is 7.67. The Hall–Kier alpha value is -2.15. The first-order valence-electron chi connectivity index (χ1n) is 13.1. The van der Waals surface area contributed by atoms with Gasteiger partial charge in [-0.25, -0.2) is 0 Å². The van der Waals surface area contributed by atoms with Crippen LogP contribution in [0.15, 0.2) is 42.6 Å². The van der Waals surface area contributed by atoms with Crippen LogP contribution in [-0.2, 0) is 17.6 Å². The number of aliphatic carboxylic acids is 1. The second-order valence-electron chi connectivity index (χ2n) is 9.95. The van der Waals surface area contributed by atoms with E-state index in [1.54, 1.807) is 18.4 Å². The second kappa shape index (κ2) is 13.4. The summed E-state index contributed by atoms with van der Waals surface area (Å²) in [5, 5.41) is 10.5. The van der Waals surface area contributed by atoms with Gasteiger partial charge in [-0.3, -0.25) is 9.78 Å². The molecule has 5 nitrogen and oxygen atoms in total. The summed E-state index contributed by atoms with van der Waals surface area (Å²) in [7, 11) is 1.70. The highest BCUT2D eigenvalue weighted by molar-refractivity contribution is 7.16. The molecule has 2 aromatic heterocycles. The van der Waals surface area contributed by atoms with Gasteiger partial charge in [-0.05, 0) is 118 Å². The lowest BCUT2D eigenvalue weighted by atomic mass is 9.79. The van der Waals surface area contributed by atoms with Gasteiger partial charge in [-0.15, -0.1) is 11.3 Å². The number of carbonyl (C=O) groups is 1. The lowest BCUT2D eigenvalue weighted by molar-refractivity contribution is -0.137. The van der Waals surface area contributed by atoms with Crippen molar-refractivity contribution in [3.63, 3.8) is 0 Å². The maximum Gasteiger partial charge on any atom is 0.303 e. The minimum absolute atomic E-state index is 0.267. The van der Waals surface area contributed by atoms with E-state index in [4.69, 9.17) is 16.3 Å². The lowest BCUT2D eigenvalue weighted by Gasteiger charge is -2.39. The number of carboxylic acids is 1. The van der Waals surface area contributed by atoms with Crippen LogP contribution in [0.1, 0.15) is 55.4 Å². The molecule has 7 heteroatoms. The number of thiophene rings is 1. The number of unbranched alkanes of at least 4 members (excludes halogenated alkanes) is 1. The topological polar surface area (TPSA) is 62.7 Å². The van der Waals surface area contributed by atoms with Crippen LogP contribution in [0.3, 0.4) is 0 Å². The number of rotatable bonds is 13. The van der Waals surface area contributed by atoms with E-state index in [2.05, 4.69) is 28.1 Å². The minimum atomic E-state index is -0.683. The number of fused-ring (bicyclic) bond motifs is 1. The lowest BCUT2D eigenvalue weighted by Crippen LogP contribution is -2.41. The van der Waals surface area contributed by atoms with Gasteiger partial charge in [0.25, 0.3) is 0 Å². The first kappa shape index (κ1) is 26.9. The summed E-state index contributed by atoms with van der Waals surface area (Å²) in [6.45, 7) is 3.24. The number of benzene rings is 1. The van der Waals surface area contributed by atoms with Gasteiger partial charge in [0.1, 0.15) is 5.75 Å². The summed E-state index contributed by atoms with van der Waals surface area (Å²) in [5.41, 5.74) is 2.31. The smallest absolute Gasteiger partial charge is 0.303 e. The van der Waals surface area contributed by atoms with E-state index in [9.17, 15) is 9.90 Å². The maximum atomic E-state index is 11.3. The fourth-order valence-corrected chi connectivity index (χ4v) is 6.71. The number of aromatic nitrogens is 1. The Morgan fingerprint density at radius 3 is 2.81 bits per heavy atom. The van der Waals surface area contributed by atoms with Crippen LogP contribution in [0.25, 0.3) is 10.9 Å². The summed E-state index contributed by atoms with van der Waals surface area (Å²) < 4.78 is 6.29. The normalized spacial score (nSPS) is 18.5. The van der Waals surface area contributed by atoms with Gasteiger partial charge in [-0.1, -0.05) is 11.6 Å². The predicted molar refractivity (Wildman–Crippen MR) is 148 cm³/mol. The Morgan fingerprint density at radius 2 is 2.03 bits per heavy atom. The Morgan fingerprint density at radius 1 is 1.14 bits per heavy atom. The van der Waals surface area contributed by atoms with Crippen molar-refractivity contribution in [1.29, 1.82) is 0 Å². The summed E-state index contributed by atoms with van der Waals surface area (Å²) in [4.78, 5) is 19.7. The van der Waals surface area contributed by atoms with Crippen molar-refractivity contribution < 1.29 is 14.6 Å². The van der Waals surface area contributed by atoms with Gasteiger partial charge >= 0.3 is 5.97 Å². The molecule has 0 bridgehead atoms. The molecule has 3 heterocycles. The number of ether oxygens (including phenoxy) is 1. The summed E-state index contributed by atoms with van der Waals surface area (Å²) >= 11 is 7.72. The van der Waals surface area contributed by atoms with Crippen molar-refractivity contribution in [1.82, 2.24) is 9.88 Å². The number of piperidine rings is 1. The van der Waals surface area contributed by atoms with Crippen LogP contribution in [0.4, 0.5) is 0 Å². The molecular weight excluding hydrogens is 492 g/mol. The second-order valence-corrected chi connectivity index (χ2v) is 11.7. The number of carboxylic acid groups (broad SMARTS) is 1. The van der Waals surface area contributed by atoms with Crippen molar-refractivity contribution in [3.05, 3.63) is 57.4 Å². The molecule has 194 valence electrons. The van der Waals surface area contributed by atoms with Crippen molar-refractivity contribution in [3.8, 4) is 5.75 Å². The van der Waals surface area contributed by atoms with Crippen LogP contribution in [0, 0.1) is 11.8 Å². The fraction of sp³-hybridized carbons (Fsp3) is 0.517. The number of hydrogen-bond donors (Lipinski definition) is 1. The molecule has 1 aliphatic rings. The first-order valence-corrected chi connectivity index (χ1v) is 14.3. The molecule has 0 radical (unpaired) electrons. The molecule has 0 amide bonds. The maximum absolute atomic E-state index is 11.3. The number of halogens is 1. The number of nitrogens with zero attached hydrogens (tertiary/aromatic N) is 2. The van der Waals surface area contributed by atoms with Gasteiger partial charge in [0.05, 0.1) is 17.0 Å². The number of likely N-dealkylation sites (tertiary alicyclic amines) is 1. The van der Waals surface area contributed by atoms with Gasteiger partial charge < -0.3 is 14.7 Å².